The van der Waals surface area contributed by atoms with Crippen LogP contribution >= 0.6 is 0 Å². The highest BCUT2D eigenvalue weighted by molar-refractivity contribution is 6.14. The van der Waals surface area contributed by atoms with Crippen LogP contribution in [0.4, 0.5) is 21.9 Å². The molecule has 3 N–H and O–H groups in total. The molecule has 0 aromatic heterocycles. The molecule has 2 aliphatic carbocycles. The summed E-state index contributed by atoms with van der Waals surface area (Å²) in [6.07, 6.45) is 11.2. The van der Waals surface area contributed by atoms with Crippen LogP contribution in [-0.2, 0) is 11.3 Å². The number of hydrogen-bond acceptors (Lipinski definition) is 4. The molecule has 0 radical (unpaired) electrons. The Labute approximate surface area is 283 Å². The van der Waals surface area contributed by atoms with E-state index >= 15 is 0 Å². The lowest BCUT2D eigenvalue weighted by atomic mass is 9.83. The van der Waals surface area contributed by atoms with Gasteiger partial charge in [0.05, 0.1) is 29.7 Å². The van der Waals surface area contributed by atoms with Crippen LogP contribution in [0, 0.1) is 11.8 Å². The smallest absolute Gasteiger partial charge is 0.325 e. The van der Waals surface area contributed by atoms with Crippen molar-refractivity contribution in [1.29, 1.82) is 0 Å². The van der Waals surface area contributed by atoms with Crippen molar-refractivity contribution in [2.45, 2.75) is 76.8 Å². The highest BCUT2D eigenvalue weighted by atomic mass is 16.2. The summed E-state index contributed by atoms with van der Waals surface area (Å²) in [6, 6.07) is 33.5. The SMILES string of the molecule is N[C@H](C(=O)Nc1ccc(N2C(=O)N(Cc3ccccc3-c3ccccc3)N=C(C3CCCCC3)c3ccccc32)cc1)C1CCCCC1. The summed E-state index contributed by atoms with van der Waals surface area (Å²) in [5.41, 5.74) is 13.8. The van der Waals surface area contributed by atoms with Gasteiger partial charge >= 0.3 is 6.03 Å². The van der Waals surface area contributed by atoms with Gasteiger partial charge in [-0.1, -0.05) is 111 Å². The van der Waals surface area contributed by atoms with Crippen LogP contribution in [0.1, 0.15) is 75.3 Å². The monoisotopic (exact) mass is 639 g/mol. The van der Waals surface area contributed by atoms with Gasteiger partial charge in [-0.3, -0.25) is 9.69 Å². The number of nitrogens with zero attached hydrogens (tertiary/aromatic N) is 3. The van der Waals surface area contributed by atoms with Crippen LogP contribution in [0.5, 0.6) is 0 Å². The molecule has 4 aromatic carbocycles. The molecule has 48 heavy (non-hydrogen) atoms. The van der Waals surface area contributed by atoms with Crippen LogP contribution in [0.2, 0.25) is 0 Å². The number of rotatable bonds is 8. The Bertz CT molecular complexity index is 1760. The maximum atomic E-state index is 14.8. The van der Waals surface area contributed by atoms with E-state index in [1.54, 1.807) is 9.91 Å². The van der Waals surface area contributed by atoms with Crippen molar-refractivity contribution in [1.82, 2.24) is 5.01 Å². The number of anilines is 3. The Balaban J connectivity index is 1.23. The van der Waals surface area contributed by atoms with Gasteiger partial charge < -0.3 is 11.1 Å². The van der Waals surface area contributed by atoms with Crippen molar-refractivity contribution in [3.8, 4) is 11.1 Å². The quantitative estimate of drug-likeness (QED) is 0.201. The van der Waals surface area contributed by atoms with Gasteiger partial charge in [0.1, 0.15) is 0 Å². The molecular formula is C41H45N5O2. The van der Waals surface area contributed by atoms with Crippen molar-refractivity contribution < 1.29 is 9.59 Å². The van der Waals surface area contributed by atoms with E-state index in [1.165, 1.54) is 12.8 Å². The van der Waals surface area contributed by atoms with Gasteiger partial charge in [0.2, 0.25) is 5.91 Å². The van der Waals surface area contributed by atoms with E-state index in [0.29, 0.717) is 17.9 Å². The third kappa shape index (κ3) is 6.78. The summed E-state index contributed by atoms with van der Waals surface area (Å²) >= 11 is 0. The van der Waals surface area contributed by atoms with Gasteiger partial charge in [0.25, 0.3) is 0 Å². The maximum Gasteiger partial charge on any atom is 0.349 e. The van der Waals surface area contributed by atoms with Crippen LogP contribution in [0.3, 0.4) is 0 Å². The second-order valence-electron chi connectivity index (χ2n) is 13.5. The molecule has 3 amide bonds. The van der Waals surface area contributed by atoms with Crippen molar-refractivity contribution >= 4 is 34.7 Å². The minimum absolute atomic E-state index is 0.153. The Morgan fingerprint density at radius 3 is 2.10 bits per heavy atom. The number of carbonyl (C=O) groups excluding carboxylic acids is 2. The number of hydrazone groups is 1. The van der Waals surface area contributed by atoms with Gasteiger partial charge in [0.15, 0.2) is 0 Å². The zero-order valence-electron chi connectivity index (χ0n) is 27.6. The zero-order chi connectivity index (χ0) is 32.9. The van der Waals surface area contributed by atoms with E-state index in [9.17, 15) is 9.59 Å². The number of nitrogens with two attached hydrogens (primary N) is 1. The highest BCUT2D eigenvalue weighted by Crippen LogP contribution is 2.38. The highest BCUT2D eigenvalue weighted by Gasteiger charge is 2.34. The largest absolute Gasteiger partial charge is 0.349 e. The van der Waals surface area contributed by atoms with Crippen molar-refractivity contribution in [3.05, 3.63) is 114 Å². The molecule has 2 fully saturated rings. The van der Waals surface area contributed by atoms with Crippen LogP contribution in [0.25, 0.3) is 11.1 Å². The first-order valence-corrected chi connectivity index (χ1v) is 17.7. The maximum absolute atomic E-state index is 14.8. The van der Waals surface area contributed by atoms with Crippen LogP contribution in [-0.4, -0.2) is 28.7 Å². The van der Waals surface area contributed by atoms with Gasteiger partial charge in [-0.2, -0.15) is 5.10 Å². The van der Waals surface area contributed by atoms with E-state index in [4.69, 9.17) is 10.8 Å². The predicted octanol–water partition coefficient (Wildman–Crippen LogP) is 9.26. The molecule has 7 rings (SSSR count). The van der Waals surface area contributed by atoms with E-state index in [0.717, 1.165) is 85.0 Å². The van der Waals surface area contributed by atoms with E-state index in [-0.39, 0.29) is 23.8 Å². The second kappa shape index (κ2) is 14.6. The Morgan fingerprint density at radius 2 is 1.38 bits per heavy atom. The number of fused-ring (bicyclic) bond motifs is 1. The number of amides is 3. The third-order valence-corrected chi connectivity index (χ3v) is 10.3. The molecule has 1 atom stereocenters. The normalized spacial score (nSPS) is 18.1. The van der Waals surface area contributed by atoms with E-state index in [2.05, 4.69) is 35.6 Å². The molecule has 1 heterocycles. The number of hydrogen-bond donors (Lipinski definition) is 2. The third-order valence-electron chi connectivity index (χ3n) is 10.3. The summed E-state index contributed by atoms with van der Waals surface area (Å²) in [6.45, 7) is 0.331. The van der Waals surface area contributed by atoms with E-state index in [1.807, 2.05) is 72.8 Å². The standard InChI is InChI=1S/C41H45N5O2/c42-38(30-16-6-2-7-17-30)40(47)43-33-24-26-34(27-25-33)46-37-23-13-12-22-36(37)39(31-18-8-3-9-19-31)44-45(41(46)48)28-32-20-10-11-21-35(32)29-14-4-1-5-15-29/h1,4-5,10-15,20-27,30-31,38H,2-3,6-9,16-19,28,42H2,(H,43,47)/t38-/m0/s1. The van der Waals surface area contributed by atoms with Crippen molar-refractivity contribution in [2.24, 2.45) is 22.7 Å². The first-order valence-electron chi connectivity index (χ1n) is 17.7. The van der Waals surface area contributed by atoms with Crippen molar-refractivity contribution in [2.75, 3.05) is 10.2 Å². The number of para-hydroxylation sites is 1. The molecular weight excluding hydrogens is 594 g/mol. The fourth-order valence-corrected chi connectivity index (χ4v) is 7.71. The minimum Gasteiger partial charge on any atom is -0.325 e. The molecule has 7 heteroatoms. The molecule has 7 nitrogen and oxygen atoms in total. The number of nitrogens with one attached hydrogen (secondary N) is 1. The molecule has 2 saturated carbocycles. The van der Waals surface area contributed by atoms with Gasteiger partial charge in [-0.05, 0) is 78.6 Å². The zero-order valence-corrected chi connectivity index (χ0v) is 27.6. The van der Waals surface area contributed by atoms with Gasteiger partial charge in [-0.15, -0.1) is 0 Å². The summed E-state index contributed by atoms with van der Waals surface area (Å²) in [4.78, 5) is 29.6. The predicted molar refractivity (Wildman–Crippen MR) is 194 cm³/mol. The fraction of sp³-hybridized carbons (Fsp3) is 0.341. The Morgan fingerprint density at radius 1 is 0.750 bits per heavy atom. The topological polar surface area (TPSA) is 91.0 Å². The average molecular weight is 640 g/mol. The lowest BCUT2D eigenvalue weighted by Gasteiger charge is -2.28. The molecule has 1 aliphatic heterocycles. The van der Waals surface area contributed by atoms with Gasteiger partial charge in [0, 0.05) is 17.2 Å². The van der Waals surface area contributed by atoms with E-state index < -0.39 is 6.04 Å². The minimum atomic E-state index is -0.522. The molecule has 0 spiro atoms. The second-order valence-corrected chi connectivity index (χ2v) is 13.5. The fourth-order valence-electron chi connectivity index (χ4n) is 7.71. The molecule has 0 bridgehead atoms. The van der Waals surface area contributed by atoms with Crippen LogP contribution in [0.15, 0.2) is 108 Å². The van der Waals surface area contributed by atoms with Crippen molar-refractivity contribution in [3.63, 3.8) is 0 Å². The number of carbonyl (C=O) groups is 2. The molecule has 4 aromatic rings. The van der Waals surface area contributed by atoms with Crippen LogP contribution < -0.4 is 16.0 Å². The first kappa shape index (κ1) is 31.8. The average Bonchev–Trinajstić information content (AvgIpc) is 3.27. The summed E-state index contributed by atoms with van der Waals surface area (Å²) in [7, 11) is 0. The lowest BCUT2D eigenvalue weighted by Crippen LogP contribution is -2.42. The Kier molecular flexibility index (Phi) is 9.66. The molecule has 0 unspecified atom stereocenters. The number of benzene rings is 4. The molecule has 246 valence electrons. The Hall–Kier alpha value is -4.75. The van der Waals surface area contributed by atoms with Gasteiger partial charge in [-0.25, -0.2) is 9.80 Å². The molecule has 3 aliphatic rings. The summed E-state index contributed by atoms with van der Waals surface area (Å²) < 4.78 is 0. The lowest BCUT2D eigenvalue weighted by molar-refractivity contribution is -0.118. The number of urea groups is 1. The summed E-state index contributed by atoms with van der Waals surface area (Å²) in [5.74, 6) is 0.353. The summed E-state index contributed by atoms with van der Waals surface area (Å²) in [5, 5.41) is 9.92. The first-order chi connectivity index (χ1) is 23.6. The molecule has 0 saturated heterocycles.